The maximum absolute atomic E-state index is 5.96. The fourth-order valence-electron chi connectivity index (χ4n) is 2.68. The molecule has 1 fully saturated rings. The van der Waals surface area contributed by atoms with Crippen LogP contribution in [-0.2, 0) is 17.9 Å². The van der Waals surface area contributed by atoms with Gasteiger partial charge in [-0.05, 0) is 56.2 Å². The minimum absolute atomic E-state index is 0.429. The van der Waals surface area contributed by atoms with Gasteiger partial charge >= 0.3 is 0 Å². The molecule has 0 aliphatic heterocycles. The van der Waals surface area contributed by atoms with Gasteiger partial charge in [0.15, 0.2) is 0 Å². The summed E-state index contributed by atoms with van der Waals surface area (Å²) < 4.78 is 11.7. The van der Waals surface area contributed by atoms with E-state index in [1.54, 1.807) is 0 Å². The summed E-state index contributed by atoms with van der Waals surface area (Å²) in [6, 6.07) is 4.09. The van der Waals surface area contributed by atoms with E-state index >= 15 is 0 Å². The van der Waals surface area contributed by atoms with Gasteiger partial charge in [0.2, 0.25) is 0 Å². The van der Waals surface area contributed by atoms with E-state index in [0.717, 1.165) is 30.5 Å². The second-order valence-electron chi connectivity index (χ2n) is 6.59. The molecule has 3 nitrogen and oxygen atoms in total. The number of rotatable bonds is 7. The fraction of sp³-hybridized carbons (Fsp3) is 0.765. The lowest BCUT2D eigenvalue weighted by atomic mass is 9.89. The number of nitrogens with one attached hydrogen (secondary N) is 1. The first-order valence-electron chi connectivity index (χ1n) is 8.03. The molecule has 1 aliphatic rings. The van der Waals surface area contributed by atoms with Crippen molar-refractivity contribution in [2.75, 3.05) is 6.54 Å². The molecule has 1 N–H and O–H groups in total. The van der Waals surface area contributed by atoms with E-state index in [9.17, 15) is 0 Å². The molecule has 1 saturated carbocycles. The van der Waals surface area contributed by atoms with Gasteiger partial charge in [-0.2, -0.15) is 0 Å². The standard InChI is InChI=1S/C17H29NO2/c1-13(2)10-18-11-16-8-9-17(20-16)12-19-15-6-4-14(3)5-7-15/h8-9,13-15,18H,4-7,10-12H2,1-3H3. The Kier molecular flexibility index (Phi) is 6.11. The minimum atomic E-state index is 0.429. The summed E-state index contributed by atoms with van der Waals surface area (Å²) in [4.78, 5) is 0. The van der Waals surface area contributed by atoms with Gasteiger partial charge in [-0.15, -0.1) is 0 Å². The Morgan fingerprint density at radius 1 is 1.20 bits per heavy atom. The summed E-state index contributed by atoms with van der Waals surface area (Å²) in [5.74, 6) is 3.49. The van der Waals surface area contributed by atoms with Crippen LogP contribution in [0.5, 0.6) is 0 Å². The van der Waals surface area contributed by atoms with Crippen molar-refractivity contribution in [3.05, 3.63) is 23.7 Å². The molecule has 0 radical (unpaired) electrons. The van der Waals surface area contributed by atoms with Crippen molar-refractivity contribution >= 4 is 0 Å². The van der Waals surface area contributed by atoms with Crippen molar-refractivity contribution in [1.82, 2.24) is 5.32 Å². The van der Waals surface area contributed by atoms with Crippen molar-refractivity contribution in [3.63, 3.8) is 0 Å². The summed E-state index contributed by atoms with van der Waals surface area (Å²) in [5.41, 5.74) is 0. The Balaban J connectivity index is 1.67. The van der Waals surface area contributed by atoms with Gasteiger partial charge in [0.1, 0.15) is 18.1 Å². The highest BCUT2D eigenvalue weighted by atomic mass is 16.5. The molecule has 1 aromatic rings. The third-order valence-electron chi connectivity index (χ3n) is 3.99. The Morgan fingerprint density at radius 2 is 1.90 bits per heavy atom. The van der Waals surface area contributed by atoms with E-state index in [1.807, 2.05) is 6.07 Å². The van der Waals surface area contributed by atoms with Crippen molar-refractivity contribution in [3.8, 4) is 0 Å². The van der Waals surface area contributed by atoms with E-state index < -0.39 is 0 Å². The molecular weight excluding hydrogens is 250 g/mol. The van der Waals surface area contributed by atoms with E-state index in [2.05, 4.69) is 32.2 Å². The van der Waals surface area contributed by atoms with Gasteiger partial charge in [-0.25, -0.2) is 0 Å². The summed E-state index contributed by atoms with van der Waals surface area (Å²) in [6.45, 7) is 9.19. The maximum Gasteiger partial charge on any atom is 0.129 e. The average molecular weight is 279 g/mol. The minimum Gasteiger partial charge on any atom is -0.462 e. The quantitative estimate of drug-likeness (QED) is 0.815. The van der Waals surface area contributed by atoms with Crippen LogP contribution in [0.25, 0.3) is 0 Å². The molecule has 0 unspecified atom stereocenters. The van der Waals surface area contributed by atoms with E-state index in [4.69, 9.17) is 9.15 Å². The molecule has 0 amide bonds. The van der Waals surface area contributed by atoms with Crippen LogP contribution in [0.3, 0.4) is 0 Å². The first-order valence-corrected chi connectivity index (χ1v) is 8.03. The Hall–Kier alpha value is -0.800. The second kappa shape index (κ2) is 7.84. The monoisotopic (exact) mass is 279 g/mol. The first kappa shape index (κ1) is 15.6. The zero-order chi connectivity index (χ0) is 14.4. The van der Waals surface area contributed by atoms with Crippen molar-refractivity contribution in [2.45, 2.75) is 65.7 Å². The summed E-state index contributed by atoms with van der Waals surface area (Å²) in [7, 11) is 0. The molecule has 20 heavy (non-hydrogen) atoms. The summed E-state index contributed by atoms with van der Waals surface area (Å²) >= 11 is 0. The average Bonchev–Trinajstić information content (AvgIpc) is 2.86. The van der Waals surface area contributed by atoms with Crippen molar-refractivity contribution < 1.29 is 9.15 Å². The summed E-state index contributed by atoms with van der Waals surface area (Å²) in [5, 5.41) is 3.39. The van der Waals surface area contributed by atoms with Gasteiger partial charge in [0.25, 0.3) is 0 Å². The molecule has 3 heteroatoms. The van der Waals surface area contributed by atoms with E-state index in [1.165, 1.54) is 25.7 Å². The Morgan fingerprint density at radius 3 is 2.60 bits per heavy atom. The van der Waals surface area contributed by atoms with Crippen LogP contribution in [0.2, 0.25) is 0 Å². The van der Waals surface area contributed by atoms with Crippen LogP contribution in [-0.4, -0.2) is 12.6 Å². The van der Waals surface area contributed by atoms with Crippen molar-refractivity contribution in [2.24, 2.45) is 11.8 Å². The molecule has 0 aromatic carbocycles. The van der Waals surface area contributed by atoms with Crippen LogP contribution >= 0.6 is 0 Å². The van der Waals surface area contributed by atoms with Crippen LogP contribution in [0, 0.1) is 11.8 Å². The number of hydrogen-bond donors (Lipinski definition) is 1. The highest BCUT2D eigenvalue weighted by Crippen LogP contribution is 2.26. The number of ether oxygens (including phenoxy) is 1. The van der Waals surface area contributed by atoms with Crippen LogP contribution < -0.4 is 5.32 Å². The zero-order valence-corrected chi connectivity index (χ0v) is 13.2. The topological polar surface area (TPSA) is 34.4 Å². The van der Waals surface area contributed by atoms with Crippen LogP contribution in [0.1, 0.15) is 58.0 Å². The molecule has 1 heterocycles. The van der Waals surface area contributed by atoms with E-state index in [-0.39, 0.29) is 0 Å². The molecule has 1 aliphatic carbocycles. The highest BCUT2D eigenvalue weighted by molar-refractivity contribution is 5.06. The molecule has 0 spiro atoms. The van der Waals surface area contributed by atoms with Gasteiger partial charge < -0.3 is 14.5 Å². The van der Waals surface area contributed by atoms with Gasteiger partial charge in [-0.1, -0.05) is 20.8 Å². The Bertz CT molecular complexity index is 378. The van der Waals surface area contributed by atoms with Crippen molar-refractivity contribution in [1.29, 1.82) is 0 Å². The molecule has 2 rings (SSSR count). The summed E-state index contributed by atoms with van der Waals surface area (Å²) in [6.07, 6.45) is 5.43. The lowest BCUT2D eigenvalue weighted by molar-refractivity contribution is 0.000893. The normalized spacial score (nSPS) is 23.4. The predicted octanol–water partition coefficient (Wildman–Crippen LogP) is 4.12. The first-order chi connectivity index (χ1) is 9.63. The SMILES string of the molecule is CC(C)CNCc1ccc(COC2CCC(C)CC2)o1. The third kappa shape index (κ3) is 5.29. The lowest BCUT2D eigenvalue weighted by Crippen LogP contribution is -2.20. The third-order valence-corrected chi connectivity index (χ3v) is 3.99. The largest absolute Gasteiger partial charge is 0.462 e. The van der Waals surface area contributed by atoms with Crippen LogP contribution in [0.4, 0.5) is 0 Å². The molecule has 114 valence electrons. The lowest BCUT2D eigenvalue weighted by Gasteiger charge is -2.25. The molecule has 0 atom stereocenters. The van der Waals surface area contributed by atoms with E-state index in [0.29, 0.717) is 18.6 Å². The Labute approximate surface area is 123 Å². The maximum atomic E-state index is 5.96. The molecular formula is C17H29NO2. The predicted molar refractivity (Wildman–Crippen MR) is 81.5 cm³/mol. The van der Waals surface area contributed by atoms with Crippen LogP contribution in [0.15, 0.2) is 16.5 Å². The second-order valence-corrected chi connectivity index (χ2v) is 6.59. The van der Waals surface area contributed by atoms with Gasteiger partial charge in [0, 0.05) is 0 Å². The number of hydrogen-bond acceptors (Lipinski definition) is 3. The zero-order valence-electron chi connectivity index (χ0n) is 13.2. The number of furan rings is 1. The molecule has 0 saturated heterocycles. The van der Waals surface area contributed by atoms with Gasteiger partial charge in [0.05, 0.1) is 12.6 Å². The molecule has 0 bridgehead atoms. The smallest absolute Gasteiger partial charge is 0.129 e. The van der Waals surface area contributed by atoms with Gasteiger partial charge in [-0.3, -0.25) is 0 Å². The molecule has 1 aromatic heterocycles. The highest BCUT2D eigenvalue weighted by Gasteiger charge is 2.18. The fourth-order valence-corrected chi connectivity index (χ4v) is 2.68.